The largest absolute Gasteiger partial charge is 0.493 e. The van der Waals surface area contributed by atoms with Crippen LogP contribution in [-0.4, -0.2) is 19.1 Å². The Balaban J connectivity index is 2.81. The standard InChI is InChI=1S/C14H18BrNO2/c1-3-5-9-18-13-7-6-11(15)10-12(13)14(17)16-8-4-2/h4,6-7,10H,2-3,5,8-9H2,1H3,(H,16,17). The van der Waals surface area contributed by atoms with Crippen LogP contribution in [0.1, 0.15) is 30.1 Å². The molecular formula is C14H18BrNO2. The minimum atomic E-state index is -0.150. The lowest BCUT2D eigenvalue weighted by Gasteiger charge is -2.11. The van der Waals surface area contributed by atoms with Crippen LogP contribution in [0, 0.1) is 0 Å². The first-order chi connectivity index (χ1) is 8.69. The first kappa shape index (κ1) is 14.8. The Labute approximate surface area is 116 Å². The van der Waals surface area contributed by atoms with Crippen LogP contribution in [0.2, 0.25) is 0 Å². The lowest BCUT2D eigenvalue weighted by molar-refractivity contribution is 0.0954. The smallest absolute Gasteiger partial charge is 0.255 e. The van der Waals surface area contributed by atoms with Crippen LogP contribution in [0.4, 0.5) is 0 Å². The van der Waals surface area contributed by atoms with Crippen molar-refractivity contribution in [1.82, 2.24) is 5.32 Å². The molecule has 1 aromatic carbocycles. The zero-order valence-electron chi connectivity index (χ0n) is 10.5. The fourth-order valence-corrected chi connectivity index (χ4v) is 1.75. The molecule has 0 aliphatic rings. The molecule has 0 saturated carbocycles. The normalized spacial score (nSPS) is 9.89. The molecule has 0 radical (unpaired) electrons. The van der Waals surface area contributed by atoms with Gasteiger partial charge in [0.1, 0.15) is 5.75 Å². The SMILES string of the molecule is C=CCNC(=O)c1cc(Br)ccc1OCCCC. The van der Waals surface area contributed by atoms with Gasteiger partial charge < -0.3 is 10.1 Å². The van der Waals surface area contributed by atoms with Crippen LogP contribution in [0.25, 0.3) is 0 Å². The van der Waals surface area contributed by atoms with Gasteiger partial charge in [0, 0.05) is 11.0 Å². The third-order valence-electron chi connectivity index (χ3n) is 2.35. The van der Waals surface area contributed by atoms with Crippen molar-refractivity contribution in [3.05, 3.63) is 40.9 Å². The number of ether oxygens (including phenoxy) is 1. The second kappa shape index (κ2) is 7.93. The third-order valence-corrected chi connectivity index (χ3v) is 2.84. The molecule has 0 aliphatic carbocycles. The molecule has 0 fully saturated rings. The lowest BCUT2D eigenvalue weighted by Crippen LogP contribution is -2.24. The minimum Gasteiger partial charge on any atom is -0.493 e. The average Bonchev–Trinajstić information content (AvgIpc) is 2.38. The summed E-state index contributed by atoms with van der Waals surface area (Å²) in [5, 5.41) is 2.75. The van der Waals surface area contributed by atoms with E-state index in [9.17, 15) is 4.79 Å². The van der Waals surface area contributed by atoms with Gasteiger partial charge in [-0.15, -0.1) is 6.58 Å². The minimum absolute atomic E-state index is 0.150. The highest BCUT2D eigenvalue weighted by Gasteiger charge is 2.12. The highest BCUT2D eigenvalue weighted by Crippen LogP contribution is 2.23. The number of carbonyl (C=O) groups is 1. The van der Waals surface area contributed by atoms with Crippen molar-refractivity contribution >= 4 is 21.8 Å². The molecule has 0 heterocycles. The summed E-state index contributed by atoms with van der Waals surface area (Å²) in [5.74, 6) is 0.468. The number of halogens is 1. The zero-order chi connectivity index (χ0) is 13.4. The van der Waals surface area contributed by atoms with E-state index in [1.165, 1.54) is 0 Å². The lowest BCUT2D eigenvalue weighted by atomic mass is 10.2. The third kappa shape index (κ3) is 4.53. The first-order valence-electron chi connectivity index (χ1n) is 6.00. The monoisotopic (exact) mass is 311 g/mol. The van der Waals surface area contributed by atoms with Crippen LogP contribution in [0.3, 0.4) is 0 Å². The zero-order valence-corrected chi connectivity index (χ0v) is 12.1. The van der Waals surface area contributed by atoms with Crippen LogP contribution >= 0.6 is 15.9 Å². The van der Waals surface area contributed by atoms with Gasteiger partial charge in [0.05, 0.1) is 12.2 Å². The summed E-state index contributed by atoms with van der Waals surface area (Å²) >= 11 is 3.36. The molecule has 0 aliphatic heterocycles. The maximum absolute atomic E-state index is 11.9. The van der Waals surface area contributed by atoms with Crippen LogP contribution in [0.15, 0.2) is 35.3 Å². The van der Waals surface area contributed by atoms with E-state index in [0.717, 1.165) is 17.3 Å². The molecule has 0 unspecified atom stereocenters. The summed E-state index contributed by atoms with van der Waals surface area (Å²) in [7, 11) is 0. The number of unbranched alkanes of at least 4 members (excludes halogenated alkanes) is 1. The summed E-state index contributed by atoms with van der Waals surface area (Å²) in [6.45, 7) is 6.74. The van der Waals surface area contributed by atoms with E-state index in [0.29, 0.717) is 24.5 Å². The van der Waals surface area contributed by atoms with E-state index in [1.807, 2.05) is 12.1 Å². The number of hydrogen-bond acceptors (Lipinski definition) is 2. The van der Waals surface area contributed by atoms with Gasteiger partial charge in [-0.25, -0.2) is 0 Å². The fraction of sp³-hybridized carbons (Fsp3) is 0.357. The summed E-state index contributed by atoms with van der Waals surface area (Å²) in [6.07, 6.45) is 3.69. The number of amides is 1. The maximum atomic E-state index is 11.9. The molecule has 0 atom stereocenters. The fourth-order valence-electron chi connectivity index (χ4n) is 1.39. The topological polar surface area (TPSA) is 38.3 Å². The molecule has 4 heteroatoms. The Morgan fingerprint density at radius 1 is 1.56 bits per heavy atom. The van der Waals surface area contributed by atoms with Gasteiger partial charge in [-0.1, -0.05) is 35.4 Å². The second-order valence-corrected chi connectivity index (χ2v) is 4.76. The Morgan fingerprint density at radius 2 is 2.33 bits per heavy atom. The Morgan fingerprint density at radius 3 is 3.00 bits per heavy atom. The average molecular weight is 312 g/mol. The van der Waals surface area contributed by atoms with Crippen molar-refractivity contribution in [3.8, 4) is 5.75 Å². The number of rotatable bonds is 7. The van der Waals surface area contributed by atoms with E-state index >= 15 is 0 Å². The molecule has 3 nitrogen and oxygen atoms in total. The predicted octanol–water partition coefficient (Wildman–Crippen LogP) is 3.54. The number of benzene rings is 1. The van der Waals surface area contributed by atoms with Crippen molar-refractivity contribution in [2.24, 2.45) is 0 Å². The molecule has 1 rings (SSSR count). The van der Waals surface area contributed by atoms with Gasteiger partial charge in [-0.2, -0.15) is 0 Å². The quantitative estimate of drug-likeness (QED) is 0.618. The molecule has 1 amide bonds. The van der Waals surface area contributed by atoms with E-state index in [2.05, 4.69) is 34.7 Å². The number of hydrogen-bond donors (Lipinski definition) is 1. The van der Waals surface area contributed by atoms with Gasteiger partial charge >= 0.3 is 0 Å². The summed E-state index contributed by atoms with van der Waals surface area (Å²) in [5.41, 5.74) is 0.544. The molecular weight excluding hydrogens is 294 g/mol. The molecule has 18 heavy (non-hydrogen) atoms. The maximum Gasteiger partial charge on any atom is 0.255 e. The summed E-state index contributed by atoms with van der Waals surface area (Å²) in [6, 6.07) is 5.44. The first-order valence-corrected chi connectivity index (χ1v) is 6.79. The Hall–Kier alpha value is -1.29. The van der Waals surface area contributed by atoms with E-state index in [1.54, 1.807) is 12.1 Å². The highest BCUT2D eigenvalue weighted by molar-refractivity contribution is 9.10. The molecule has 1 aromatic rings. The molecule has 0 spiro atoms. The predicted molar refractivity (Wildman–Crippen MR) is 77.1 cm³/mol. The Kier molecular flexibility index (Phi) is 6.50. The van der Waals surface area contributed by atoms with E-state index in [4.69, 9.17) is 4.74 Å². The van der Waals surface area contributed by atoms with Gasteiger partial charge in [-0.05, 0) is 24.6 Å². The summed E-state index contributed by atoms with van der Waals surface area (Å²) < 4.78 is 6.48. The molecule has 0 saturated heterocycles. The van der Waals surface area contributed by atoms with Crippen molar-refractivity contribution in [3.63, 3.8) is 0 Å². The van der Waals surface area contributed by atoms with Crippen LogP contribution in [-0.2, 0) is 0 Å². The highest BCUT2D eigenvalue weighted by atomic mass is 79.9. The van der Waals surface area contributed by atoms with Crippen molar-refractivity contribution in [2.45, 2.75) is 19.8 Å². The van der Waals surface area contributed by atoms with E-state index in [-0.39, 0.29) is 5.91 Å². The molecule has 0 bridgehead atoms. The second-order valence-electron chi connectivity index (χ2n) is 3.84. The van der Waals surface area contributed by atoms with E-state index < -0.39 is 0 Å². The van der Waals surface area contributed by atoms with Crippen LogP contribution < -0.4 is 10.1 Å². The van der Waals surface area contributed by atoms with Crippen molar-refractivity contribution in [2.75, 3.05) is 13.2 Å². The van der Waals surface area contributed by atoms with Crippen LogP contribution in [0.5, 0.6) is 5.75 Å². The number of nitrogens with one attached hydrogen (secondary N) is 1. The van der Waals surface area contributed by atoms with Gasteiger partial charge in [0.25, 0.3) is 5.91 Å². The molecule has 98 valence electrons. The number of carbonyl (C=O) groups excluding carboxylic acids is 1. The molecule has 1 N–H and O–H groups in total. The van der Waals surface area contributed by atoms with Gasteiger partial charge in [0.2, 0.25) is 0 Å². The van der Waals surface area contributed by atoms with Crippen molar-refractivity contribution < 1.29 is 9.53 Å². The van der Waals surface area contributed by atoms with Gasteiger partial charge in [-0.3, -0.25) is 4.79 Å². The Bertz CT molecular complexity index is 418. The van der Waals surface area contributed by atoms with Gasteiger partial charge in [0.15, 0.2) is 0 Å². The van der Waals surface area contributed by atoms with Crippen molar-refractivity contribution in [1.29, 1.82) is 0 Å². The summed E-state index contributed by atoms with van der Waals surface area (Å²) in [4.78, 5) is 11.9. The molecule has 0 aromatic heterocycles.